The van der Waals surface area contributed by atoms with E-state index in [0.29, 0.717) is 5.82 Å². The third-order valence-corrected chi connectivity index (χ3v) is 4.52. The van der Waals surface area contributed by atoms with Gasteiger partial charge in [0.2, 0.25) is 11.7 Å². The molecule has 0 radical (unpaired) electrons. The molecule has 2 atom stereocenters. The van der Waals surface area contributed by atoms with Gasteiger partial charge in [-0.3, -0.25) is 4.79 Å². The van der Waals surface area contributed by atoms with Gasteiger partial charge in [0.05, 0.1) is 0 Å². The highest BCUT2D eigenvalue weighted by Crippen LogP contribution is 2.19. The number of nitrogens with two attached hydrogens (primary N) is 1. The summed E-state index contributed by atoms with van der Waals surface area (Å²) in [6, 6.07) is 7.99. The summed E-state index contributed by atoms with van der Waals surface area (Å²) in [5, 5.41) is 12.4. The summed E-state index contributed by atoms with van der Waals surface area (Å²) in [4.78, 5) is 15.9. The molecule has 7 nitrogen and oxygen atoms in total. The number of benzene rings is 1. The summed E-state index contributed by atoms with van der Waals surface area (Å²) in [6.07, 6.45) is 3.10. The van der Waals surface area contributed by atoms with E-state index in [2.05, 4.69) is 15.4 Å². The number of carbonyl (C=O) groups excluding carboxylic acids is 1. The Labute approximate surface area is 141 Å². The van der Waals surface area contributed by atoms with E-state index < -0.39 is 0 Å². The molecule has 1 fully saturated rings. The van der Waals surface area contributed by atoms with Gasteiger partial charge in [0.1, 0.15) is 6.54 Å². The number of hydrogen-bond donors (Lipinski definition) is 1. The summed E-state index contributed by atoms with van der Waals surface area (Å²) in [5.74, 6) is 0.537. The van der Waals surface area contributed by atoms with Crippen LogP contribution in [0.5, 0.6) is 0 Å². The third-order valence-electron chi connectivity index (χ3n) is 4.52. The van der Waals surface area contributed by atoms with E-state index in [9.17, 15) is 4.79 Å². The largest absolute Gasteiger partial charge is 0.337 e. The lowest BCUT2D eigenvalue weighted by atomic mass is 9.97. The van der Waals surface area contributed by atoms with Gasteiger partial charge in [-0.1, -0.05) is 29.8 Å². The Balaban J connectivity index is 1.69. The minimum absolute atomic E-state index is 0.00450. The van der Waals surface area contributed by atoms with E-state index in [-0.39, 0.29) is 24.5 Å². The summed E-state index contributed by atoms with van der Waals surface area (Å²) in [7, 11) is 0. The van der Waals surface area contributed by atoms with Gasteiger partial charge in [-0.05, 0) is 38.3 Å². The molecule has 128 valence electrons. The molecular weight excluding hydrogens is 304 g/mol. The van der Waals surface area contributed by atoms with Crippen molar-refractivity contribution in [3.8, 4) is 11.4 Å². The molecule has 1 saturated heterocycles. The number of likely N-dealkylation sites (tertiary alicyclic amines) is 1. The van der Waals surface area contributed by atoms with Gasteiger partial charge in [-0.15, -0.1) is 10.2 Å². The first-order valence-corrected chi connectivity index (χ1v) is 8.44. The number of carbonyl (C=O) groups is 1. The van der Waals surface area contributed by atoms with E-state index >= 15 is 0 Å². The van der Waals surface area contributed by atoms with Crippen molar-refractivity contribution in [3.05, 3.63) is 29.8 Å². The smallest absolute Gasteiger partial charge is 0.246 e. The predicted molar refractivity (Wildman–Crippen MR) is 91.0 cm³/mol. The van der Waals surface area contributed by atoms with Crippen LogP contribution in [0.2, 0.25) is 0 Å². The lowest BCUT2D eigenvalue weighted by molar-refractivity contribution is -0.136. The van der Waals surface area contributed by atoms with Crippen molar-refractivity contribution in [2.24, 2.45) is 5.73 Å². The molecule has 0 aliphatic carbocycles. The van der Waals surface area contributed by atoms with Crippen LogP contribution < -0.4 is 5.73 Å². The maximum Gasteiger partial charge on any atom is 0.246 e. The molecule has 1 aromatic heterocycles. The molecule has 1 aliphatic rings. The second-order valence-electron chi connectivity index (χ2n) is 6.52. The van der Waals surface area contributed by atoms with Gasteiger partial charge < -0.3 is 10.6 Å². The molecule has 7 heteroatoms. The van der Waals surface area contributed by atoms with Gasteiger partial charge in [-0.25, -0.2) is 0 Å². The van der Waals surface area contributed by atoms with E-state index in [1.807, 2.05) is 43.0 Å². The maximum absolute atomic E-state index is 12.6. The highest BCUT2D eigenvalue weighted by Gasteiger charge is 2.29. The zero-order valence-electron chi connectivity index (χ0n) is 14.2. The normalized spacial score (nSPS) is 19.3. The monoisotopic (exact) mass is 328 g/mol. The van der Waals surface area contributed by atoms with Crippen molar-refractivity contribution in [3.63, 3.8) is 0 Å². The Morgan fingerprint density at radius 1 is 1.33 bits per heavy atom. The molecule has 0 saturated carbocycles. The van der Waals surface area contributed by atoms with Crippen LogP contribution in [0.15, 0.2) is 24.3 Å². The zero-order valence-corrected chi connectivity index (χ0v) is 14.2. The van der Waals surface area contributed by atoms with Gasteiger partial charge >= 0.3 is 0 Å². The number of amides is 1. The highest BCUT2D eigenvalue weighted by atomic mass is 16.2. The van der Waals surface area contributed by atoms with Gasteiger partial charge in [-0.2, -0.15) is 4.80 Å². The SMILES string of the molecule is Cc1ccc(-c2nnn(CC(=O)N3CCCCC3C(C)N)n2)cc1. The van der Waals surface area contributed by atoms with E-state index in [1.54, 1.807) is 0 Å². The molecular formula is C17H24N6O. The standard InChI is InChI=1S/C17H24N6O/c1-12-6-8-14(9-7-12)17-19-21-23(20-17)11-16(24)22-10-4-3-5-15(22)13(2)18/h6-9,13,15H,3-5,10-11,18H2,1-2H3. The highest BCUT2D eigenvalue weighted by molar-refractivity contribution is 5.76. The van der Waals surface area contributed by atoms with Crippen LogP contribution in [0, 0.1) is 6.92 Å². The van der Waals surface area contributed by atoms with Crippen LogP contribution in [0.25, 0.3) is 11.4 Å². The zero-order chi connectivity index (χ0) is 17.1. The summed E-state index contributed by atoms with van der Waals surface area (Å²) >= 11 is 0. The number of hydrogen-bond acceptors (Lipinski definition) is 5. The Bertz CT molecular complexity index is 693. The van der Waals surface area contributed by atoms with Gasteiger partial charge in [0, 0.05) is 24.2 Å². The first kappa shape index (κ1) is 16.6. The Morgan fingerprint density at radius 2 is 2.08 bits per heavy atom. The molecule has 3 rings (SSSR count). The number of tetrazole rings is 1. The summed E-state index contributed by atoms with van der Waals surface area (Å²) in [5.41, 5.74) is 8.11. The minimum Gasteiger partial charge on any atom is -0.337 e. The van der Waals surface area contributed by atoms with E-state index in [0.717, 1.165) is 31.4 Å². The molecule has 2 aromatic rings. The maximum atomic E-state index is 12.6. The van der Waals surface area contributed by atoms with Crippen molar-refractivity contribution < 1.29 is 4.79 Å². The molecule has 24 heavy (non-hydrogen) atoms. The van der Waals surface area contributed by atoms with E-state index in [4.69, 9.17) is 5.73 Å². The van der Waals surface area contributed by atoms with Crippen molar-refractivity contribution in [2.75, 3.05) is 6.54 Å². The van der Waals surface area contributed by atoms with Crippen molar-refractivity contribution in [1.29, 1.82) is 0 Å². The first-order chi connectivity index (χ1) is 11.5. The average Bonchev–Trinajstić information content (AvgIpc) is 3.04. The fourth-order valence-corrected chi connectivity index (χ4v) is 3.15. The fraction of sp³-hybridized carbons (Fsp3) is 0.529. The predicted octanol–water partition coefficient (Wildman–Crippen LogP) is 1.38. The Hall–Kier alpha value is -2.28. The topological polar surface area (TPSA) is 89.9 Å². The van der Waals surface area contributed by atoms with Crippen LogP contribution in [-0.4, -0.2) is 49.6 Å². The molecule has 2 unspecified atom stereocenters. The van der Waals surface area contributed by atoms with Crippen molar-refractivity contribution >= 4 is 5.91 Å². The number of aryl methyl sites for hydroxylation is 1. The van der Waals surface area contributed by atoms with Crippen LogP contribution >= 0.6 is 0 Å². The number of aromatic nitrogens is 4. The quantitative estimate of drug-likeness (QED) is 0.915. The van der Waals surface area contributed by atoms with Gasteiger partial charge in [0.15, 0.2) is 0 Å². The third kappa shape index (κ3) is 3.62. The van der Waals surface area contributed by atoms with Crippen molar-refractivity contribution in [2.45, 2.75) is 51.7 Å². The van der Waals surface area contributed by atoms with Crippen LogP contribution in [0.1, 0.15) is 31.7 Å². The average molecular weight is 328 g/mol. The lowest BCUT2D eigenvalue weighted by Crippen LogP contribution is -2.52. The van der Waals surface area contributed by atoms with Gasteiger partial charge in [0.25, 0.3) is 0 Å². The Kier molecular flexibility index (Phi) is 4.89. The van der Waals surface area contributed by atoms with E-state index in [1.165, 1.54) is 10.4 Å². The minimum atomic E-state index is -0.0268. The summed E-state index contributed by atoms with van der Waals surface area (Å²) in [6.45, 7) is 4.84. The van der Waals surface area contributed by atoms with Crippen LogP contribution in [0.4, 0.5) is 0 Å². The molecule has 1 amide bonds. The van der Waals surface area contributed by atoms with Crippen LogP contribution in [0.3, 0.4) is 0 Å². The second-order valence-corrected chi connectivity index (χ2v) is 6.52. The molecule has 2 heterocycles. The molecule has 0 spiro atoms. The summed E-state index contributed by atoms with van der Waals surface area (Å²) < 4.78 is 0. The first-order valence-electron chi connectivity index (χ1n) is 8.44. The van der Waals surface area contributed by atoms with Crippen molar-refractivity contribution in [1.82, 2.24) is 25.1 Å². The molecule has 2 N–H and O–H groups in total. The fourth-order valence-electron chi connectivity index (χ4n) is 3.15. The second kappa shape index (κ2) is 7.09. The molecule has 1 aromatic carbocycles. The van der Waals surface area contributed by atoms with Crippen LogP contribution in [-0.2, 0) is 11.3 Å². The molecule has 1 aliphatic heterocycles. The lowest BCUT2D eigenvalue weighted by Gasteiger charge is -2.37. The number of piperidine rings is 1. The Morgan fingerprint density at radius 3 is 2.79 bits per heavy atom. The number of rotatable bonds is 4. The number of nitrogens with zero attached hydrogens (tertiary/aromatic N) is 5. The molecule has 0 bridgehead atoms.